The molecule has 0 atom stereocenters. The Morgan fingerprint density at radius 3 is 2.38 bits per heavy atom. The molecule has 1 aromatic carbocycles. The first-order chi connectivity index (χ1) is 9.93. The molecule has 0 amide bonds. The highest BCUT2D eigenvalue weighted by Gasteiger charge is 2.28. The van der Waals surface area contributed by atoms with Gasteiger partial charge in [-0.05, 0) is 69.2 Å². The molecule has 0 heterocycles. The Morgan fingerprint density at radius 1 is 1.19 bits per heavy atom. The van der Waals surface area contributed by atoms with E-state index in [1.807, 2.05) is 13.8 Å². The maximum absolute atomic E-state index is 12.3. The average molecular weight is 290 g/mol. The van der Waals surface area contributed by atoms with E-state index in [9.17, 15) is 14.7 Å². The number of ether oxygens (including phenoxy) is 1. The standard InChI is InChI=1S/C17H22O4/c1-10-8-15(19)11(2)12(3)16(10)21-17(20)14-6-4-13(9-18)5-7-14/h8-9,13-14,19H,4-7H2,1-3H3. The van der Waals surface area contributed by atoms with Crippen molar-refractivity contribution in [3.05, 3.63) is 22.8 Å². The van der Waals surface area contributed by atoms with Gasteiger partial charge in [-0.1, -0.05) is 0 Å². The summed E-state index contributed by atoms with van der Waals surface area (Å²) in [6, 6.07) is 1.62. The van der Waals surface area contributed by atoms with E-state index >= 15 is 0 Å². The van der Waals surface area contributed by atoms with Crippen LogP contribution in [0.4, 0.5) is 0 Å². The van der Waals surface area contributed by atoms with E-state index < -0.39 is 0 Å². The van der Waals surface area contributed by atoms with Crippen LogP contribution in [-0.2, 0) is 9.59 Å². The maximum atomic E-state index is 12.3. The van der Waals surface area contributed by atoms with E-state index in [0.29, 0.717) is 18.6 Å². The number of esters is 1. The summed E-state index contributed by atoms with van der Waals surface area (Å²) in [5.74, 6) is 0.502. The Kier molecular flexibility index (Phi) is 4.66. The van der Waals surface area contributed by atoms with Crippen LogP contribution in [0.25, 0.3) is 0 Å². The lowest BCUT2D eigenvalue weighted by Crippen LogP contribution is -2.26. The number of hydrogen-bond acceptors (Lipinski definition) is 4. The van der Waals surface area contributed by atoms with Crippen molar-refractivity contribution in [1.29, 1.82) is 0 Å². The van der Waals surface area contributed by atoms with E-state index in [1.54, 1.807) is 13.0 Å². The Morgan fingerprint density at radius 2 is 1.81 bits per heavy atom. The second kappa shape index (κ2) is 6.29. The van der Waals surface area contributed by atoms with Gasteiger partial charge in [0.25, 0.3) is 0 Å². The van der Waals surface area contributed by atoms with Crippen LogP contribution in [0.3, 0.4) is 0 Å². The number of aromatic hydroxyl groups is 1. The molecule has 0 bridgehead atoms. The Hall–Kier alpha value is -1.84. The molecule has 0 radical (unpaired) electrons. The molecule has 1 saturated carbocycles. The van der Waals surface area contributed by atoms with Crippen molar-refractivity contribution in [3.8, 4) is 11.5 Å². The van der Waals surface area contributed by atoms with Gasteiger partial charge in [-0.2, -0.15) is 0 Å². The Balaban J connectivity index is 2.10. The van der Waals surface area contributed by atoms with Crippen molar-refractivity contribution in [2.75, 3.05) is 0 Å². The third kappa shape index (κ3) is 3.26. The molecule has 4 heteroatoms. The van der Waals surface area contributed by atoms with Crippen LogP contribution >= 0.6 is 0 Å². The van der Waals surface area contributed by atoms with Crippen LogP contribution in [0.2, 0.25) is 0 Å². The van der Waals surface area contributed by atoms with Crippen LogP contribution in [0, 0.1) is 32.6 Å². The lowest BCUT2D eigenvalue weighted by Gasteiger charge is -2.24. The van der Waals surface area contributed by atoms with Crippen molar-refractivity contribution in [2.24, 2.45) is 11.8 Å². The van der Waals surface area contributed by atoms with Gasteiger partial charge in [0, 0.05) is 5.92 Å². The molecule has 1 aromatic rings. The molecule has 0 spiro atoms. The van der Waals surface area contributed by atoms with Crippen LogP contribution in [0.15, 0.2) is 6.07 Å². The van der Waals surface area contributed by atoms with Crippen LogP contribution in [0.1, 0.15) is 42.4 Å². The SMILES string of the molecule is Cc1cc(O)c(C)c(C)c1OC(=O)C1CCC(C=O)CC1. The quantitative estimate of drug-likeness (QED) is 0.527. The first-order valence-electron chi connectivity index (χ1n) is 7.40. The van der Waals surface area contributed by atoms with E-state index in [2.05, 4.69) is 0 Å². The molecule has 1 aliphatic rings. The minimum absolute atomic E-state index is 0.0911. The van der Waals surface area contributed by atoms with E-state index in [-0.39, 0.29) is 23.6 Å². The monoisotopic (exact) mass is 290 g/mol. The number of hydrogen-bond donors (Lipinski definition) is 1. The fourth-order valence-corrected chi connectivity index (χ4v) is 2.87. The molecule has 0 aliphatic heterocycles. The number of benzene rings is 1. The number of aldehydes is 1. The first kappa shape index (κ1) is 15.5. The molecular formula is C17H22O4. The van der Waals surface area contributed by atoms with Crippen LogP contribution in [-0.4, -0.2) is 17.4 Å². The lowest BCUT2D eigenvalue weighted by atomic mass is 9.83. The Labute approximate surface area is 125 Å². The number of aryl methyl sites for hydroxylation is 1. The number of phenolic OH excluding ortho intramolecular Hbond substituents is 1. The molecule has 0 saturated heterocycles. The van der Waals surface area contributed by atoms with Crippen LogP contribution < -0.4 is 4.74 Å². The van der Waals surface area contributed by atoms with Gasteiger partial charge in [-0.25, -0.2) is 0 Å². The highest BCUT2D eigenvalue weighted by molar-refractivity contribution is 5.76. The lowest BCUT2D eigenvalue weighted by molar-refractivity contribution is -0.140. The number of carbonyl (C=O) groups excluding carboxylic acids is 2. The zero-order valence-electron chi connectivity index (χ0n) is 12.8. The normalized spacial score (nSPS) is 21.9. The number of carbonyl (C=O) groups is 2. The topological polar surface area (TPSA) is 63.6 Å². The molecule has 0 unspecified atom stereocenters. The van der Waals surface area contributed by atoms with Gasteiger partial charge in [0.1, 0.15) is 17.8 Å². The molecule has 1 aliphatic carbocycles. The number of phenols is 1. The Bertz CT molecular complexity index is 554. The summed E-state index contributed by atoms with van der Waals surface area (Å²) < 4.78 is 5.58. The van der Waals surface area contributed by atoms with Crippen LogP contribution in [0.5, 0.6) is 11.5 Å². The largest absolute Gasteiger partial charge is 0.508 e. The minimum atomic E-state index is -0.226. The highest BCUT2D eigenvalue weighted by atomic mass is 16.5. The summed E-state index contributed by atoms with van der Waals surface area (Å²) in [4.78, 5) is 23.0. The maximum Gasteiger partial charge on any atom is 0.314 e. The number of rotatable bonds is 3. The molecule has 114 valence electrons. The second-order valence-corrected chi connectivity index (χ2v) is 5.96. The van der Waals surface area contributed by atoms with Crippen molar-refractivity contribution < 1.29 is 19.4 Å². The average Bonchev–Trinajstić information content (AvgIpc) is 2.49. The smallest absolute Gasteiger partial charge is 0.314 e. The first-order valence-corrected chi connectivity index (χ1v) is 7.40. The van der Waals surface area contributed by atoms with E-state index in [0.717, 1.165) is 35.8 Å². The van der Waals surface area contributed by atoms with Crippen molar-refractivity contribution in [1.82, 2.24) is 0 Å². The molecule has 1 fully saturated rings. The zero-order valence-corrected chi connectivity index (χ0v) is 12.8. The molecule has 1 N–H and O–H groups in total. The fourth-order valence-electron chi connectivity index (χ4n) is 2.87. The van der Waals surface area contributed by atoms with Gasteiger partial charge in [0.05, 0.1) is 5.92 Å². The van der Waals surface area contributed by atoms with Gasteiger partial charge < -0.3 is 14.6 Å². The summed E-state index contributed by atoms with van der Waals surface area (Å²) in [6.07, 6.45) is 3.92. The molecule has 4 nitrogen and oxygen atoms in total. The summed E-state index contributed by atoms with van der Waals surface area (Å²) >= 11 is 0. The summed E-state index contributed by atoms with van der Waals surface area (Å²) in [5.41, 5.74) is 2.28. The van der Waals surface area contributed by atoms with Crippen molar-refractivity contribution in [3.63, 3.8) is 0 Å². The summed E-state index contributed by atoms with van der Waals surface area (Å²) in [6.45, 7) is 5.46. The molecule has 0 aromatic heterocycles. The van der Waals surface area contributed by atoms with E-state index in [1.165, 1.54) is 0 Å². The van der Waals surface area contributed by atoms with Gasteiger partial charge >= 0.3 is 5.97 Å². The zero-order chi connectivity index (χ0) is 15.6. The minimum Gasteiger partial charge on any atom is -0.508 e. The fraction of sp³-hybridized carbons (Fsp3) is 0.529. The molecule has 2 rings (SSSR count). The predicted molar refractivity (Wildman–Crippen MR) is 79.5 cm³/mol. The van der Waals surface area contributed by atoms with Crippen molar-refractivity contribution in [2.45, 2.75) is 46.5 Å². The van der Waals surface area contributed by atoms with Gasteiger partial charge in [-0.3, -0.25) is 4.79 Å². The third-order valence-corrected chi connectivity index (χ3v) is 4.50. The predicted octanol–water partition coefficient (Wildman–Crippen LogP) is 3.23. The van der Waals surface area contributed by atoms with Gasteiger partial charge in [-0.15, -0.1) is 0 Å². The second-order valence-electron chi connectivity index (χ2n) is 5.96. The summed E-state index contributed by atoms with van der Waals surface area (Å²) in [7, 11) is 0. The summed E-state index contributed by atoms with van der Waals surface area (Å²) in [5, 5.41) is 9.77. The molecular weight excluding hydrogens is 268 g/mol. The highest BCUT2D eigenvalue weighted by Crippen LogP contribution is 2.34. The van der Waals surface area contributed by atoms with Crippen molar-refractivity contribution >= 4 is 12.3 Å². The van der Waals surface area contributed by atoms with Gasteiger partial charge in [0.15, 0.2) is 0 Å². The molecule has 21 heavy (non-hydrogen) atoms. The van der Waals surface area contributed by atoms with E-state index in [4.69, 9.17) is 4.74 Å². The van der Waals surface area contributed by atoms with Gasteiger partial charge in [0.2, 0.25) is 0 Å². The third-order valence-electron chi connectivity index (χ3n) is 4.50.